The van der Waals surface area contributed by atoms with Crippen molar-refractivity contribution in [3.05, 3.63) is 157 Å². The lowest BCUT2D eigenvalue weighted by Gasteiger charge is -2.14. The fourth-order valence-corrected chi connectivity index (χ4v) is 5.87. The van der Waals surface area contributed by atoms with E-state index in [9.17, 15) is 0 Å². The monoisotopic (exact) mass is 527 g/mol. The molecule has 0 saturated carbocycles. The van der Waals surface area contributed by atoms with Crippen molar-refractivity contribution in [1.29, 1.82) is 0 Å². The Bertz CT molecular complexity index is 2060. The quantitative estimate of drug-likeness (QED) is 0.176. The minimum atomic E-state index is 0.505. The van der Waals surface area contributed by atoms with Crippen LogP contribution in [0.3, 0.4) is 0 Å². The Balaban J connectivity index is 1.37. The fourth-order valence-electron chi connectivity index (χ4n) is 5.87. The van der Waals surface area contributed by atoms with E-state index in [0.29, 0.717) is 5.84 Å². The zero-order valence-electron chi connectivity index (χ0n) is 22.8. The van der Waals surface area contributed by atoms with Gasteiger partial charge in [-0.25, -0.2) is 4.99 Å². The average molecular weight is 528 g/mol. The smallest absolute Gasteiger partial charge is 0.131 e. The molecule has 196 valence electrons. The lowest BCUT2D eigenvalue weighted by atomic mass is 9.93. The first kappa shape index (κ1) is 24.6. The van der Waals surface area contributed by atoms with Crippen LogP contribution in [0.15, 0.2) is 151 Å². The maximum absolute atomic E-state index is 6.42. The van der Waals surface area contributed by atoms with Crippen LogP contribution in [0.4, 0.5) is 0 Å². The first-order valence-electron chi connectivity index (χ1n) is 13.9. The van der Waals surface area contributed by atoms with E-state index >= 15 is 0 Å². The molecule has 0 aliphatic carbocycles. The number of hydrogen-bond acceptors (Lipinski definition) is 1. The van der Waals surface area contributed by atoms with Gasteiger partial charge in [-0.15, -0.1) is 0 Å². The second kappa shape index (κ2) is 10.3. The Labute approximate surface area is 239 Å². The van der Waals surface area contributed by atoms with Gasteiger partial charge in [-0.05, 0) is 53.1 Å². The Morgan fingerprint density at radius 2 is 1.22 bits per heavy atom. The molecule has 0 spiro atoms. The molecular formula is C38H29N3. The summed E-state index contributed by atoms with van der Waals surface area (Å²) in [5.74, 6) is 0.505. The highest BCUT2D eigenvalue weighted by molar-refractivity contribution is 6.10. The van der Waals surface area contributed by atoms with E-state index in [1.807, 2.05) is 43.3 Å². The van der Waals surface area contributed by atoms with E-state index in [4.69, 9.17) is 10.7 Å². The lowest BCUT2D eigenvalue weighted by Crippen LogP contribution is -2.13. The third kappa shape index (κ3) is 4.29. The number of aliphatic imine (C=N–C) groups is 1. The van der Waals surface area contributed by atoms with Gasteiger partial charge < -0.3 is 10.3 Å². The van der Waals surface area contributed by atoms with Crippen molar-refractivity contribution in [3.63, 3.8) is 0 Å². The molecule has 7 aromatic rings. The predicted molar refractivity (Wildman–Crippen MR) is 175 cm³/mol. The summed E-state index contributed by atoms with van der Waals surface area (Å²) in [6.45, 7) is 2.01. The number of allylic oxidation sites excluding steroid dienone is 1. The van der Waals surface area contributed by atoms with Crippen LogP contribution in [0.5, 0.6) is 0 Å². The minimum Gasteiger partial charge on any atom is -0.383 e. The van der Waals surface area contributed by atoms with Crippen LogP contribution >= 0.6 is 0 Å². The van der Waals surface area contributed by atoms with E-state index in [-0.39, 0.29) is 0 Å². The number of amidine groups is 1. The largest absolute Gasteiger partial charge is 0.383 e. The zero-order valence-corrected chi connectivity index (χ0v) is 22.8. The minimum absolute atomic E-state index is 0.505. The molecule has 0 atom stereocenters. The van der Waals surface area contributed by atoms with Crippen LogP contribution in [0.2, 0.25) is 0 Å². The standard InChI is InChI=1S/C38H29N3/c1-2-35(40-38(39)26-13-4-3-5-14-26)32-24-23-29(30-17-6-7-18-31(30)32)27-15-12-16-28(25-27)41-36-21-10-8-19-33(36)34-20-9-11-22-37(34)41/h2-25H,1H3,(H2,39,40)/b35-2-. The number of benzene rings is 6. The molecule has 0 saturated heterocycles. The summed E-state index contributed by atoms with van der Waals surface area (Å²) in [5, 5.41) is 4.84. The maximum Gasteiger partial charge on any atom is 0.131 e. The summed E-state index contributed by atoms with van der Waals surface area (Å²) in [4.78, 5) is 4.85. The zero-order chi connectivity index (χ0) is 27.8. The summed E-state index contributed by atoms with van der Waals surface area (Å²) in [6.07, 6.45) is 2.03. The second-order valence-corrected chi connectivity index (χ2v) is 10.2. The second-order valence-electron chi connectivity index (χ2n) is 10.2. The summed E-state index contributed by atoms with van der Waals surface area (Å²) >= 11 is 0. The highest BCUT2D eigenvalue weighted by Gasteiger charge is 2.14. The van der Waals surface area contributed by atoms with Gasteiger partial charge in [-0.2, -0.15) is 0 Å². The van der Waals surface area contributed by atoms with Crippen LogP contribution in [0.1, 0.15) is 18.1 Å². The van der Waals surface area contributed by atoms with Gasteiger partial charge in [-0.3, -0.25) is 0 Å². The van der Waals surface area contributed by atoms with Crippen molar-refractivity contribution in [2.45, 2.75) is 6.92 Å². The molecule has 1 aromatic heterocycles. The number of nitrogens with two attached hydrogens (primary N) is 1. The van der Waals surface area contributed by atoms with Crippen LogP contribution in [0, 0.1) is 0 Å². The molecule has 0 amide bonds. The number of aromatic nitrogens is 1. The molecule has 0 fully saturated rings. The Morgan fingerprint density at radius 1 is 0.610 bits per heavy atom. The predicted octanol–water partition coefficient (Wildman–Crippen LogP) is 9.37. The highest BCUT2D eigenvalue weighted by Crippen LogP contribution is 2.37. The van der Waals surface area contributed by atoms with Gasteiger partial charge in [-0.1, -0.05) is 121 Å². The van der Waals surface area contributed by atoms with Crippen molar-refractivity contribution in [1.82, 2.24) is 4.57 Å². The van der Waals surface area contributed by atoms with E-state index in [0.717, 1.165) is 27.9 Å². The van der Waals surface area contributed by atoms with Crippen molar-refractivity contribution >= 4 is 44.1 Å². The topological polar surface area (TPSA) is 43.3 Å². The van der Waals surface area contributed by atoms with E-state index in [2.05, 4.69) is 114 Å². The van der Waals surface area contributed by atoms with Crippen LogP contribution < -0.4 is 5.73 Å². The molecule has 6 aromatic carbocycles. The molecule has 41 heavy (non-hydrogen) atoms. The normalized spacial score (nSPS) is 12.4. The van der Waals surface area contributed by atoms with Crippen molar-refractivity contribution < 1.29 is 0 Å². The van der Waals surface area contributed by atoms with Gasteiger partial charge in [0.15, 0.2) is 0 Å². The number of fused-ring (bicyclic) bond motifs is 4. The van der Waals surface area contributed by atoms with Gasteiger partial charge in [0.25, 0.3) is 0 Å². The molecule has 1 heterocycles. The van der Waals surface area contributed by atoms with E-state index in [1.165, 1.54) is 38.3 Å². The summed E-state index contributed by atoms with van der Waals surface area (Å²) in [5.41, 5.74) is 15.2. The van der Waals surface area contributed by atoms with Gasteiger partial charge in [0.1, 0.15) is 5.84 Å². The number of hydrogen-bond donors (Lipinski definition) is 1. The Hall–Kier alpha value is -5.41. The lowest BCUT2D eigenvalue weighted by molar-refractivity contribution is 1.18. The molecule has 0 unspecified atom stereocenters. The maximum atomic E-state index is 6.42. The average Bonchev–Trinajstić information content (AvgIpc) is 3.38. The van der Waals surface area contributed by atoms with Crippen molar-refractivity contribution in [3.8, 4) is 16.8 Å². The van der Waals surface area contributed by atoms with E-state index in [1.54, 1.807) is 0 Å². The fraction of sp³-hybridized carbons (Fsp3) is 0.0263. The third-order valence-corrected chi connectivity index (χ3v) is 7.78. The summed E-state index contributed by atoms with van der Waals surface area (Å²) < 4.78 is 2.36. The molecule has 2 N–H and O–H groups in total. The summed E-state index contributed by atoms with van der Waals surface area (Å²) in [7, 11) is 0. The first-order chi connectivity index (χ1) is 20.2. The van der Waals surface area contributed by atoms with Crippen LogP contribution in [-0.4, -0.2) is 10.4 Å². The molecule has 0 aliphatic heterocycles. The van der Waals surface area contributed by atoms with Gasteiger partial charge in [0.2, 0.25) is 0 Å². The van der Waals surface area contributed by atoms with Gasteiger partial charge in [0, 0.05) is 27.6 Å². The molecule has 0 radical (unpaired) electrons. The van der Waals surface area contributed by atoms with E-state index < -0.39 is 0 Å². The molecule has 3 heteroatoms. The Kier molecular flexibility index (Phi) is 6.18. The molecular weight excluding hydrogens is 498 g/mol. The number of rotatable bonds is 5. The number of para-hydroxylation sites is 2. The van der Waals surface area contributed by atoms with Crippen LogP contribution in [-0.2, 0) is 0 Å². The Morgan fingerprint density at radius 3 is 1.90 bits per heavy atom. The SMILES string of the molecule is C/C=C(\N=C(N)c1ccccc1)c1ccc(-c2cccc(-n3c4ccccc4c4ccccc43)c2)c2ccccc12. The van der Waals surface area contributed by atoms with Crippen molar-refractivity contribution in [2.24, 2.45) is 10.7 Å². The summed E-state index contributed by atoms with van der Waals surface area (Å²) in [6, 6.07) is 48.9. The molecule has 0 aliphatic rings. The molecule has 0 bridgehead atoms. The van der Waals surface area contributed by atoms with Crippen LogP contribution in [0.25, 0.3) is 55.1 Å². The number of nitrogens with zero attached hydrogens (tertiary/aromatic N) is 2. The van der Waals surface area contributed by atoms with Gasteiger partial charge >= 0.3 is 0 Å². The molecule has 7 rings (SSSR count). The first-order valence-corrected chi connectivity index (χ1v) is 13.9. The van der Waals surface area contributed by atoms with Crippen molar-refractivity contribution in [2.75, 3.05) is 0 Å². The third-order valence-electron chi connectivity index (χ3n) is 7.78. The molecule has 3 nitrogen and oxygen atoms in total. The highest BCUT2D eigenvalue weighted by atomic mass is 15.0. The van der Waals surface area contributed by atoms with Gasteiger partial charge in [0.05, 0.1) is 16.7 Å².